The first kappa shape index (κ1) is 13.6. The fraction of sp³-hybridized carbons (Fsp3) is 0.133. The lowest BCUT2D eigenvalue weighted by molar-refractivity contribution is 0.756. The number of anilines is 1. The molecular weight excluding hydrogens is 282 g/mol. The Balaban J connectivity index is 1.67. The summed E-state index contributed by atoms with van der Waals surface area (Å²) in [6.45, 7) is 0. The van der Waals surface area contributed by atoms with E-state index in [-0.39, 0.29) is 0 Å². The van der Waals surface area contributed by atoms with Crippen molar-refractivity contribution in [2.45, 2.75) is 11.6 Å². The number of hydrogen-bond acceptors (Lipinski definition) is 5. The van der Waals surface area contributed by atoms with E-state index in [0.717, 1.165) is 34.3 Å². The first-order valence-electron chi connectivity index (χ1n) is 6.64. The summed E-state index contributed by atoms with van der Waals surface area (Å²) in [5.74, 6) is 0.876. The van der Waals surface area contributed by atoms with Crippen LogP contribution in [0.3, 0.4) is 0 Å². The second-order valence-corrected chi connectivity index (χ2v) is 5.57. The largest absolute Gasteiger partial charge is 0.399 e. The van der Waals surface area contributed by atoms with Gasteiger partial charge in [0.2, 0.25) is 5.16 Å². The molecule has 0 saturated heterocycles. The van der Waals surface area contributed by atoms with Gasteiger partial charge in [-0.1, -0.05) is 48.2 Å². The van der Waals surface area contributed by atoms with Crippen LogP contribution in [0.4, 0.5) is 5.69 Å². The van der Waals surface area contributed by atoms with Gasteiger partial charge in [0.25, 0.3) is 0 Å². The van der Waals surface area contributed by atoms with Crippen molar-refractivity contribution in [2.75, 3.05) is 11.5 Å². The van der Waals surface area contributed by atoms with Crippen molar-refractivity contribution in [3.63, 3.8) is 0 Å². The molecule has 0 aliphatic heterocycles. The standard InChI is InChI=1S/C15H15N5S/c16-14-9-5-4-6-12(14)10-11-21-15-17-18-19-20(15)13-7-2-1-3-8-13/h1-9H,10-11,16H2. The van der Waals surface area contributed by atoms with E-state index >= 15 is 0 Å². The van der Waals surface area contributed by atoms with Gasteiger partial charge in [0.15, 0.2) is 0 Å². The van der Waals surface area contributed by atoms with Crippen molar-refractivity contribution < 1.29 is 0 Å². The molecule has 3 rings (SSSR count). The number of aromatic nitrogens is 4. The van der Waals surface area contributed by atoms with E-state index in [1.165, 1.54) is 0 Å². The Kier molecular flexibility index (Phi) is 4.16. The Labute approximate surface area is 127 Å². The maximum absolute atomic E-state index is 5.95. The number of benzene rings is 2. The summed E-state index contributed by atoms with van der Waals surface area (Å²) < 4.78 is 1.75. The molecule has 0 saturated carbocycles. The fourth-order valence-corrected chi connectivity index (χ4v) is 2.88. The fourth-order valence-electron chi connectivity index (χ4n) is 2.01. The molecule has 0 fully saturated rings. The van der Waals surface area contributed by atoms with Gasteiger partial charge in [-0.05, 0) is 40.6 Å². The van der Waals surface area contributed by atoms with Crippen LogP contribution in [-0.4, -0.2) is 26.0 Å². The molecule has 1 heterocycles. The van der Waals surface area contributed by atoms with Crippen LogP contribution in [0.5, 0.6) is 0 Å². The lowest BCUT2D eigenvalue weighted by atomic mass is 10.1. The number of rotatable bonds is 5. The average molecular weight is 297 g/mol. The van der Waals surface area contributed by atoms with Gasteiger partial charge in [-0.25, -0.2) is 0 Å². The molecule has 2 aromatic carbocycles. The van der Waals surface area contributed by atoms with Crippen molar-refractivity contribution in [3.05, 3.63) is 60.2 Å². The van der Waals surface area contributed by atoms with Crippen LogP contribution >= 0.6 is 11.8 Å². The highest BCUT2D eigenvalue weighted by atomic mass is 32.2. The monoisotopic (exact) mass is 297 g/mol. The van der Waals surface area contributed by atoms with Gasteiger partial charge < -0.3 is 5.73 Å². The molecule has 0 spiro atoms. The molecule has 0 amide bonds. The molecule has 3 aromatic rings. The second-order valence-electron chi connectivity index (χ2n) is 4.51. The molecule has 21 heavy (non-hydrogen) atoms. The van der Waals surface area contributed by atoms with Crippen LogP contribution < -0.4 is 5.73 Å². The van der Waals surface area contributed by atoms with E-state index in [1.807, 2.05) is 48.5 Å². The zero-order chi connectivity index (χ0) is 14.5. The second kappa shape index (κ2) is 6.41. The van der Waals surface area contributed by atoms with Crippen LogP contribution in [0.15, 0.2) is 59.8 Å². The van der Waals surface area contributed by atoms with E-state index in [4.69, 9.17) is 5.73 Å². The van der Waals surface area contributed by atoms with Gasteiger partial charge in [0.1, 0.15) is 0 Å². The molecule has 6 heteroatoms. The zero-order valence-corrected chi connectivity index (χ0v) is 12.2. The minimum Gasteiger partial charge on any atom is -0.399 e. The van der Waals surface area contributed by atoms with E-state index < -0.39 is 0 Å². The van der Waals surface area contributed by atoms with Crippen LogP contribution in [0.1, 0.15) is 5.56 Å². The van der Waals surface area contributed by atoms with E-state index in [0.29, 0.717) is 0 Å². The van der Waals surface area contributed by atoms with Gasteiger partial charge in [-0.15, -0.1) is 5.10 Å². The summed E-state index contributed by atoms with van der Waals surface area (Å²) in [4.78, 5) is 0. The summed E-state index contributed by atoms with van der Waals surface area (Å²) >= 11 is 1.62. The quantitative estimate of drug-likeness (QED) is 0.579. The minimum atomic E-state index is 0.788. The number of nitrogens with zero attached hydrogens (tertiary/aromatic N) is 4. The predicted octanol–water partition coefficient (Wildman–Crippen LogP) is 2.58. The van der Waals surface area contributed by atoms with E-state index in [1.54, 1.807) is 16.4 Å². The number of thioether (sulfide) groups is 1. The van der Waals surface area contributed by atoms with Crippen molar-refractivity contribution >= 4 is 17.4 Å². The Morgan fingerprint density at radius 3 is 2.57 bits per heavy atom. The Bertz CT molecular complexity index is 711. The third-order valence-electron chi connectivity index (χ3n) is 3.10. The SMILES string of the molecule is Nc1ccccc1CCSc1nnnn1-c1ccccc1. The first-order chi connectivity index (χ1) is 10.3. The molecule has 0 aliphatic carbocycles. The highest BCUT2D eigenvalue weighted by Crippen LogP contribution is 2.20. The minimum absolute atomic E-state index is 0.788. The summed E-state index contributed by atoms with van der Waals surface area (Å²) in [6, 6.07) is 17.8. The number of aryl methyl sites for hydroxylation is 1. The van der Waals surface area contributed by atoms with Crippen molar-refractivity contribution in [1.82, 2.24) is 20.2 Å². The average Bonchev–Trinajstić information content (AvgIpc) is 2.99. The third kappa shape index (κ3) is 3.22. The van der Waals surface area contributed by atoms with Crippen LogP contribution in [0.25, 0.3) is 5.69 Å². The molecule has 0 radical (unpaired) electrons. The van der Waals surface area contributed by atoms with Crippen LogP contribution in [0, 0.1) is 0 Å². The first-order valence-corrected chi connectivity index (χ1v) is 7.63. The summed E-state index contributed by atoms with van der Waals surface area (Å²) in [7, 11) is 0. The molecule has 0 bridgehead atoms. The maximum atomic E-state index is 5.95. The van der Waals surface area contributed by atoms with Crippen LogP contribution in [-0.2, 0) is 6.42 Å². The summed E-state index contributed by atoms with van der Waals surface area (Å²) in [5, 5.41) is 12.7. The maximum Gasteiger partial charge on any atom is 0.214 e. The van der Waals surface area contributed by atoms with Gasteiger partial charge >= 0.3 is 0 Å². The molecule has 2 N–H and O–H groups in total. The number of hydrogen-bond donors (Lipinski definition) is 1. The number of nitrogens with two attached hydrogens (primary N) is 1. The topological polar surface area (TPSA) is 69.6 Å². The van der Waals surface area contributed by atoms with Gasteiger partial charge in [-0.3, -0.25) is 0 Å². The predicted molar refractivity (Wildman–Crippen MR) is 84.4 cm³/mol. The number of para-hydroxylation sites is 2. The molecule has 0 atom stereocenters. The molecule has 1 aromatic heterocycles. The molecule has 106 valence electrons. The zero-order valence-electron chi connectivity index (χ0n) is 11.4. The van der Waals surface area contributed by atoms with Crippen LogP contribution in [0.2, 0.25) is 0 Å². The Morgan fingerprint density at radius 1 is 1.00 bits per heavy atom. The van der Waals surface area contributed by atoms with E-state index in [2.05, 4.69) is 21.6 Å². The van der Waals surface area contributed by atoms with Crippen molar-refractivity contribution in [2.24, 2.45) is 0 Å². The highest BCUT2D eigenvalue weighted by Gasteiger charge is 2.08. The number of nitrogen functional groups attached to an aromatic ring is 1. The van der Waals surface area contributed by atoms with Crippen molar-refractivity contribution in [1.29, 1.82) is 0 Å². The molecule has 0 unspecified atom stereocenters. The molecular formula is C15H15N5S. The lowest BCUT2D eigenvalue weighted by Gasteiger charge is -2.05. The third-order valence-corrected chi connectivity index (χ3v) is 4.02. The highest BCUT2D eigenvalue weighted by molar-refractivity contribution is 7.99. The van der Waals surface area contributed by atoms with Crippen molar-refractivity contribution in [3.8, 4) is 5.69 Å². The normalized spacial score (nSPS) is 10.7. The molecule has 5 nitrogen and oxygen atoms in total. The molecule has 0 aliphatic rings. The van der Waals surface area contributed by atoms with E-state index in [9.17, 15) is 0 Å². The van der Waals surface area contributed by atoms with Gasteiger partial charge in [0, 0.05) is 11.4 Å². The summed E-state index contributed by atoms with van der Waals surface area (Å²) in [6.07, 6.45) is 0.888. The van der Waals surface area contributed by atoms with Gasteiger partial charge in [-0.2, -0.15) is 4.68 Å². The lowest BCUT2D eigenvalue weighted by Crippen LogP contribution is -2.00. The number of tetrazole rings is 1. The van der Waals surface area contributed by atoms with Gasteiger partial charge in [0.05, 0.1) is 5.69 Å². The Hall–Kier alpha value is -2.34. The smallest absolute Gasteiger partial charge is 0.214 e. The Morgan fingerprint density at radius 2 is 1.76 bits per heavy atom. The summed E-state index contributed by atoms with van der Waals surface area (Å²) in [5.41, 5.74) is 8.90.